The smallest absolute Gasteiger partial charge is 0.287 e. The van der Waals surface area contributed by atoms with Gasteiger partial charge in [-0.3, -0.25) is 14.9 Å². The second-order valence-electron chi connectivity index (χ2n) is 5.13. The topological polar surface area (TPSA) is 96.0 Å². The molecule has 0 saturated heterocycles. The second-order valence-corrected chi connectivity index (χ2v) is 5.54. The lowest BCUT2D eigenvalue weighted by Gasteiger charge is -2.31. The Hall–Kier alpha value is -2.13. The van der Waals surface area contributed by atoms with E-state index in [9.17, 15) is 20.2 Å². The maximum atomic E-state index is 12.2. The van der Waals surface area contributed by atoms with Gasteiger partial charge in [0.05, 0.1) is 11.0 Å². The van der Waals surface area contributed by atoms with Crippen LogP contribution in [0, 0.1) is 21.4 Å². The third-order valence-corrected chi connectivity index (χ3v) is 3.98. The zero-order valence-electron chi connectivity index (χ0n) is 11.3. The normalized spacial score (nSPS) is 16.8. The van der Waals surface area contributed by atoms with Gasteiger partial charge < -0.3 is 5.32 Å². The molecule has 0 aromatic heterocycles. The van der Waals surface area contributed by atoms with Crippen molar-refractivity contribution in [2.24, 2.45) is 0 Å². The van der Waals surface area contributed by atoms with Crippen LogP contribution in [-0.2, 0) is 0 Å². The van der Waals surface area contributed by atoms with Crippen LogP contribution >= 0.6 is 11.6 Å². The first-order valence-electron chi connectivity index (χ1n) is 6.65. The fourth-order valence-corrected chi connectivity index (χ4v) is 2.76. The highest BCUT2D eigenvalue weighted by Gasteiger charge is 2.34. The lowest BCUT2D eigenvalue weighted by atomic mass is 9.82. The van der Waals surface area contributed by atoms with Crippen LogP contribution in [-0.4, -0.2) is 16.4 Å². The van der Waals surface area contributed by atoms with E-state index in [0.717, 1.165) is 19.3 Å². The highest BCUT2D eigenvalue weighted by atomic mass is 35.5. The number of nitrogens with one attached hydrogen (secondary N) is 1. The van der Waals surface area contributed by atoms with E-state index >= 15 is 0 Å². The molecule has 21 heavy (non-hydrogen) atoms. The molecule has 1 aliphatic carbocycles. The first-order valence-corrected chi connectivity index (χ1v) is 7.03. The summed E-state index contributed by atoms with van der Waals surface area (Å²) in [6, 6.07) is 5.97. The van der Waals surface area contributed by atoms with Gasteiger partial charge in [0.25, 0.3) is 11.6 Å². The molecule has 1 N–H and O–H groups in total. The maximum Gasteiger partial charge on any atom is 0.287 e. The van der Waals surface area contributed by atoms with Gasteiger partial charge in [-0.2, -0.15) is 5.26 Å². The monoisotopic (exact) mass is 307 g/mol. The fourth-order valence-electron chi connectivity index (χ4n) is 2.51. The summed E-state index contributed by atoms with van der Waals surface area (Å²) in [5, 5.41) is 22.7. The molecular weight excluding hydrogens is 294 g/mol. The predicted octanol–water partition coefficient (Wildman–Crippen LogP) is 3.20. The van der Waals surface area contributed by atoms with Crippen molar-refractivity contribution >= 4 is 23.2 Å². The van der Waals surface area contributed by atoms with Crippen LogP contribution in [0.2, 0.25) is 5.02 Å². The van der Waals surface area contributed by atoms with Crippen LogP contribution in [0.15, 0.2) is 18.2 Å². The van der Waals surface area contributed by atoms with E-state index < -0.39 is 16.4 Å². The van der Waals surface area contributed by atoms with E-state index in [0.29, 0.717) is 12.8 Å². The Balaban J connectivity index is 2.19. The number of rotatable bonds is 3. The van der Waals surface area contributed by atoms with E-state index in [1.165, 1.54) is 18.2 Å². The number of carbonyl (C=O) groups excluding carboxylic acids is 1. The molecule has 1 saturated carbocycles. The molecule has 1 aromatic rings. The van der Waals surface area contributed by atoms with Gasteiger partial charge in [-0.15, -0.1) is 0 Å². The van der Waals surface area contributed by atoms with E-state index in [1.807, 2.05) is 0 Å². The Bertz CT molecular complexity index is 618. The molecule has 2 rings (SSSR count). The second kappa shape index (κ2) is 6.10. The average Bonchev–Trinajstić information content (AvgIpc) is 2.47. The molecule has 6 nitrogen and oxygen atoms in total. The lowest BCUT2D eigenvalue weighted by Crippen LogP contribution is -2.48. The molecule has 0 spiro atoms. The Kier molecular flexibility index (Phi) is 4.43. The van der Waals surface area contributed by atoms with Gasteiger partial charge in [-0.05, 0) is 25.0 Å². The zero-order chi connectivity index (χ0) is 15.5. The maximum absolute atomic E-state index is 12.2. The Morgan fingerprint density at radius 2 is 2.05 bits per heavy atom. The first kappa shape index (κ1) is 15.3. The van der Waals surface area contributed by atoms with E-state index in [-0.39, 0.29) is 16.3 Å². The highest BCUT2D eigenvalue weighted by molar-refractivity contribution is 6.33. The van der Waals surface area contributed by atoms with Crippen LogP contribution < -0.4 is 5.32 Å². The minimum atomic E-state index is -0.844. The van der Waals surface area contributed by atoms with Crippen LogP contribution in [0.4, 0.5) is 5.69 Å². The molecule has 0 aliphatic heterocycles. The Labute approximate surface area is 126 Å². The molecule has 0 unspecified atom stereocenters. The van der Waals surface area contributed by atoms with Gasteiger partial charge in [0.15, 0.2) is 0 Å². The molecular formula is C14H14ClN3O3. The van der Waals surface area contributed by atoms with E-state index in [1.54, 1.807) is 0 Å². The van der Waals surface area contributed by atoms with Crippen molar-refractivity contribution in [3.63, 3.8) is 0 Å². The number of hydrogen-bond donors (Lipinski definition) is 1. The van der Waals surface area contributed by atoms with Crippen molar-refractivity contribution in [2.75, 3.05) is 0 Å². The first-order chi connectivity index (χ1) is 9.97. The quantitative estimate of drug-likeness (QED) is 0.685. The third-order valence-electron chi connectivity index (χ3n) is 3.68. The van der Waals surface area contributed by atoms with Gasteiger partial charge in [0.2, 0.25) is 0 Å². The largest absolute Gasteiger partial charge is 0.334 e. The molecule has 0 bridgehead atoms. The molecule has 1 amide bonds. The number of nitrogens with zero attached hydrogens (tertiary/aromatic N) is 2. The SMILES string of the molecule is N#CC1(NC(=O)c2ccc([N+](=O)[O-])c(Cl)c2)CCCCC1. The Morgan fingerprint density at radius 1 is 1.38 bits per heavy atom. The van der Waals surface area contributed by atoms with Crippen molar-refractivity contribution in [1.29, 1.82) is 5.26 Å². The average molecular weight is 308 g/mol. The summed E-state index contributed by atoms with van der Waals surface area (Å²) in [5.74, 6) is -0.435. The van der Waals surface area contributed by atoms with Crippen LogP contribution in [0.5, 0.6) is 0 Å². The zero-order valence-corrected chi connectivity index (χ0v) is 12.0. The van der Waals surface area contributed by atoms with Gasteiger partial charge in [-0.25, -0.2) is 0 Å². The molecule has 1 aliphatic rings. The molecule has 1 aromatic carbocycles. The summed E-state index contributed by atoms with van der Waals surface area (Å²) >= 11 is 5.79. The molecule has 0 atom stereocenters. The Morgan fingerprint density at radius 3 is 2.57 bits per heavy atom. The summed E-state index contributed by atoms with van der Waals surface area (Å²) in [4.78, 5) is 22.3. The molecule has 110 valence electrons. The number of hydrogen-bond acceptors (Lipinski definition) is 4. The third kappa shape index (κ3) is 3.31. The lowest BCUT2D eigenvalue weighted by molar-refractivity contribution is -0.384. The number of amides is 1. The van der Waals surface area contributed by atoms with E-state index in [2.05, 4.69) is 11.4 Å². The van der Waals surface area contributed by atoms with Gasteiger partial charge in [-0.1, -0.05) is 30.9 Å². The van der Waals surface area contributed by atoms with Crippen molar-refractivity contribution in [1.82, 2.24) is 5.32 Å². The standard InChI is InChI=1S/C14H14ClN3O3/c15-11-8-10(4-5-12(11)18(20)21)13(19)17-14(9-16)6-2-1-3-7-14/h4-5,8H,1-3,6-7H2,(H,17,19). The number of nitro groups is 1. The van der Waals surface area contributed by atoms with E-state index in [4.69, 9.17) is 11.6 Å². The van der Waals surface area contributed by atoms with Crippen molar-refractivity contribution < 1.29 is 9.72 Å². The summed E-state index contributed by atoms with van der Waals surface area (Å²) in [7, 11) is 0. The molecule has 0 heterocycles. The number of carbonyl (C=O) groups is 1. The fraction of sp³-hybridized carbons (Fsp3) is 0.429. The van der Waals surface area contributed by atoms with Crippen LogP contribution in [0.1, 0.15) is 42.5 Å². The van der Waals surface area contributed by atoms with Crippen molar-refractivity contribution in [3.05, 3.63) is 38.9 Å². The summed E-state index contributed by atoms with van der Waals surface area (Å²) in [6.07, 6.45) is 4.10. The number of benzene rings is 1. The number of nitro benzene ring substituents is 1. The number of nitriles is 1. The van der Waals surface area contributed by atoms with Crippen LogP contribution in [0.3, 0.4) is 0 Å². The summed E-state index contributed by atoms with van der Waals surface area (Å²) in [5.41, 5.74) is -0.879. The molecule has 7 heteroatoms. The van der Waals surface area contributed by atoms with Gasteiger partial charge >= 0.3 is 0 Å². The molecule has 1 fully saturated rings. The number of halogens is 1. The van der Waals surface area contributed by atoms with Crippen molar-refractivity contribution in [2.45, 2.75) is 37.6 Å². The van der Waals surface area contributed by atoms with Gasteiger partial charge in [0.1, 0.15) is 10.6 Å². The minimum absolute atomic E-state index is 0.0951. The molecule has 0 radical (unpaired) electrons. The van der Waals surface area contributed by atoms with Crippen LogP contribution in [0.25, 0.3) is 0 Å². The van der Waals surface area contributed by atoms with Crippen molar-refractivity contribution in [3.8, 4) is 6.07 Å². The highest BCUT2D eigenvalue weighted by Crippen LogP contribution is 2.29. The van der Waals surface area contributed by atoms with Gasteiger partial charge in [0, 0.05) is 11.6 Å². The predicted molar refractivity (Wildman–Crippen MR) is 77.0 cm³/mol. The summed E-state index contributed by atoms with van der Waals surface area (Å²) in [6.45, 7) is 0. The summed E-state index contributed by atoms with van der Waals surface area (Å²) < 4.78 is 0. The minimum Gasteiger partial charge on any atom is -0.334 e.